The molecule has 4 aliphatic heterocycles. The van der Waals surface area contributed by atoms with Crippen molar-refractivity contribution in [3.63, 3.8) is 0 Å². The number of rotatable bonds is 27. The van der Waals surface area contributed by atoms with Gasteiger partial charge in [-0.25, -0.2) is 0 Å². The molecule has 11 nitrogen and oxygen atoms in total. The van der Waals surface area contributed by atoms with Gasteiger partial charge >= 0.3 is 0 Å². The fraction of sp³-hybridized carbons (Fsp3) is 1.00. The summed E-state index contributed by atoms with van der Waals surface area (Å²) >= 11 is 0. The van der Waals surface area contributed by atoms with E-state index in [0.29, 0.717) is 78.5 Å². The number of hydrogen-bond acceptors (Lipinski definition) is 11. The van der Waals surface area contributed by atoms with Crippen LogP contribution in [0.3, 0.4) is 0 Å². The van der Waals surface area contributed by atoms with Crippen molar-refractivity contribution in [3.8, 4) is 0 Å². The Morgan fingerprint density at radius 2 is 1.07 bits per heavy atom. The lowest BCUT2D eigenvalue weighted by atomic mass is 9.73. The van der Waals surface area contributed by atoms with Gasteiger partial charge in [0.25, 0.3) is 0 Å². The van der Waals surface area contributed by atoms with E-state index in [1.807, 2.05) is 34.6 Å². The minimum absolute atomic E-state index is 0.00506. The summed E-state index contributed by atoms with van der Waals surface area (Å²) in [7, 11) is 1.68. The quantitative estimate of drug-likeness (QED) is 0.124. The zero-order valence-corrected chi connectivity index (χ0v) is 28.5. The summed E-state index contributed by atoms with van der Waals surface area (Å²) in [5.41, 5.74) is -2.08. The molecule has 0 spiro atoms. The SMILES string of the molecule is CCO[C@H](C)COC(C)CO[C@@](C)(CC1CO1)C(CC1CO1)(CC1CO1)O[C@](C)(CO[C@H](C)CO[C@H](C)COC)CC1CO1. The van der Waals surface area contributed by atoms with Gasteiger partial charge in [-0.15, -0.1) is 0 Å². The maximum absolute atomic E-state index is 7.48. The average molecular weight is 633 g/mol. The topological polar surface area (TPSA) is 115 Å². The largest absolute Gasteiger partial charge is 0.382 e. The molecule has 0 bridgehead atoms. The van der Waals surface area contributed by atoms with Gasteiger partial charge in [0.15, 0.2) is 0 Å². The smallest absolute Gasteiger partial charge is 0.103 e. The Bertz CT molecular complexity index is 817. The van der Waals surface area contributed by atoms with Crippen molar-refractivity contribution in [2.24, 2.45) is 0 Å². The second kappa shape index (κ2) is 16.6. The highest BCUT2D eigenvalue weighted by atomic mass is 16.6. The molecular formula is C33H60O11. The van der Waals surface area contributed by atoms with Gasteiger partial charge in [-0.2, -0.15) is 0 Å². The first kappa shape index (κ1) is 36.4. The van der Waals surface area contributed by atoms with Crippen LogP contribution in [0.5, 0.6) is 0 Å². The van der Waals surface area contributed by atoms with Crippen molar-refractivity contribution in [1.29, 1.82) is 0 Å². The van der Waals surface area contributed by atoms with Gasteiger partial charge in [-0.05, 0) is 48.5 Å². The lowest BCUT2D eigenvalue weighted by Gasteiger charge is -2.52. The van der Waals surface area contributed by atoms with Gasteiger partial charge in [-0.1, -0.05) is 0 Å². The Kier molecular flexibility index (Phi) is 13.7. The third-order valence-electron chi connectivity index (χ3n) is 8.80. The van der Waals surface area contributed by atoms with E-state index < -0.39 is 16.8 Å². The number of epoxide rings is 4. The molecule has 10 atom stereocenters. The van der Waals surface area contributed by atoms with Crippen LogP contribution in [0.4, 0.5) is 0 Å². The number of hydrogen-bond donors (Lipinski definition) is 0. The first-order valence-electron chi connectivity index (χ1n) is 16.7. The van der Waals surface area contributed by atoms with Crippen LogP contribution in [-0.2, 0) is 52.1 Å². The van der Waals surface area contributed by atoms with E-state index in [-0.39, 0.29) is 48.8 Å². The molecule has 0 aliphatic carbocycles. The second-order valence-electron chi connectivity index (χ2n) is 13.9. The molecule has 258 valence electrons. The summed E-state index contributed by atoms with van der Waals surface area (Å²) in [6.07, 6.45) is 3.06. The third kappa shape index (κ3) is 12.3. The van der Waals surface area contributed by atoms with Crippen LogP contribution in [0.25, 0.3) is 0 Å². The molecule has 4 fully saturated rings. The Balaban J connectivity index is 1.52. The Labute approximate surface area is 265 Å². The highest BCUT2D eigenvalue weighted by molar-refractivity contribution is 5.09. The van der Waals surface area contributed by atoms with Crippen LogP contribution in [-0.4, -0.2) is 139 Å². The third-order valence-corrected chi connectivity index (χ3v) is 8.80. The van der Waals surface area contributed by atoms with Crippen molar-refractivity contribution in [3.05, 3.63) is 0 Å². The average Bonchev–Trinajstić information content (AvgIpc) is 3.78. The van der Waals surface area contributed by atoms with E-state index in [1.54, 1.807) is 7.11 Å². The van der Waals surface area contributed by atoms with E-state index >= 15 is 0 Å². The van der Waals surface area contributed by atoms with E-state index in [2.05, 4.69) is 13.8 Å². The second-order valence-corrected chi connectivity index (χ2v) is 13.9. The summed E-state index contributed by atoms with van der Waals surface area (Å²) < 4.78 is 67.0. The highest BCUT2D eigenvalue weighted by Gasteiger charge is 2.60. The molecule has 0 radical (unpaired) electrons. The first-order valence-corrected chi connectivity index (χ1v) is 16.7. The molecule has 11 heteroatoms. The van der Waals surface area contributed by atoms with Crippen LogP contribution in [0.15, 0.2) is 0 Å². The minimum atomic E-state index is -0.723. The number of methoxy groups -OCH3 is 1. The van der Waals surface area contributed by atoms with Crippen molar-refractivity contribution in [1.82, 2.24) is 0 Å². The van der Waals surface area contributed by atoms with E-state index in [9.17, 15) is 0 Å². The van der Waals surface area contributed by atoms with E-state index in [0.717, 1.165) is 13.2 Å². The van der Waals surface area contributed by atoms with Crippen molar-refractivity contribution < 1.29 is 52.1 Å². The molecule has 4 saturated heterocycles. The van der Waals surface area contributed by atoms with Gasteiger partial charge in [0, 0.05) is 39.4 Å². The summed E-state index contributed by atoms with van der Waals surface area (Å²) in [6.45, 7) is 20.3. The monoisotopic (exact) mass is 632 g/mol. The molecule has 0 saturated carbocycles. The van der Waals surface area contributed by atoms with Crippen molar-refractivity contribution in [2.75, 3.05) is 73.2 Å². The van der Waals surface area contributed by atoms with Gasteiger partial charge in [-0.3, -0.25) is 0 Å². The summed E-state index contributed by atoms with van der Waals surface area (Å²) in [5.74, 6) is 0. The molecular weight excluding hydrogens is 572 g/mol. The molecule has 4 heterocycles. The maximum Gasteiger partial charge on any atom is 0.103 e. The fourth-order valence-electron chi connectivity index (χ4n) is 6.01. The molecule has 5 unspecified atom stereocenters. The van der Waals surface area contributed by atoms with Gasteiger partial charge < -0.3 is 52.1 Å². The maximum atomic E-state index is 7.48. The van der Waals surface area contributed by atoms with Crippen LogP contribution in [0.1, 0.15) is 74.1 Å². The number of ether oxygens (including phenoxy) is 11. The van der Waals surface area contributed by atoms with Gasteiger partial charge in [0.1, 0.15) is 5.60 Å². The summed E-state index contributed by atoms with van der Waals surface area (Å²) in [5, 5.41) is 0. The van der Waals surface area contributed by atoms with Crippen molar-refractivity contribution in [2.45, 2.75) is 140 Å². The van der Waals surface area contributed by atoms with Gasteiger partial charge in [0.2, 0.25) is 0 Å². The predicted octanol–water partition coefficient (Wildman–Crippen LogP) is 3.72. The Morgan fingerprint density at radius 3 is 1.57 bits per heavy atom. The van der Waals surface area contributed by atoms with Crippen molar-refractivity contribution >= 4 is 0 Å². The van der Waals surface area contributed by atoms with Crippen LogP contribution in [0, 0.1) is 0 Å². The zero-order valence-electron chi connectivity index (χ0n) is 28.5. The molecule has 44 heavy (non-hydrogen) atoms. The predicted molar refractivity (Wildman–Crippen MR) is 163 cm³/mol. The molecule has 4 rings (SSSR count). The molecule has 0 amide bonds. The molecule has 0 aromatic carbocycles. The van der Waals surface area contributed by atoms with Crippen LogP contribution < -0.4 is 0 Å². The normalized spacial score (nSPS) is 30.8. The zero-order chi connectivity index (χ0) is 31.8. The molecule has 0 N–H and O–H groups in total. The van der Waals surface area contributed by atoms with E-state index in [1.165, 1.54) is 0 Å². The minimum Gasteiger partial charge on any atom is -0.382 e. The fourth-order valence-corrected chi connectivity index (χ4v) is 6.01. The van der Waals surface area contributed by atoms with E-state index in [4.69, 9.17) is 52.1 Å². The van der Waals surface area contributed by atoms with Gasteiger partial charge in [0.05, 0.1) is 119 Å². The highest BCUT2D eigenvalue weighted by Crippen LogP contribution is 2.49. The standard InChI is InChI=1S/C33H60O11/c1-9-35-24(3)15-37-26(5)17-43-32(7,11-28-19-39-28)33(12-29-20-40-29,13-30-21-41-30)44-31(6,10-27-18-38-27)22-42-25(4)16-36-23(2)14-34-8/h23-30H,9-22H2,1-8H3/t23-,24-,25-,26?,27?,28?,29?,30?,31+,32+,33?/m1/s1. The molecule has 0 aromatic heterocycles. The summed E-state index contributed by atoms with van der Waals surface area (Å²) in [6, 6.07) is 0. The first-order chi connectivity index (χ1) is 21.0. The Hall–Kier alpha value is -0.440. The summed E-state index contributed by atoms with van der Waals surface area (Å²) in [4.78, 5) is 0. The molecule has 4 aliphatic rings. The molecule has 0 aromatic rings. The van der Waals surface area contributed by atoms with Crippen LogP contribution in [0.2, 0.25) is 0 Å². The lowest BCUT2D eigenvalue weighted by molar-refractivity contribution is -0.276. The van der Waals surface area contributed by atoms with Crippen LogP contribution >= 0.6 is 0 Å². The lowest BCUT2D eigenvalue weighted by Crippen LogP contribution is -2.62. The Morgan fingerprint density at radius 1 is 0.614 bits per heavy atom.